The molecule has 2 heteroatoms. The first-order chi connectivity index (χ1) is 10.4. The van der Waals surface area contributed by atoms with Gasteiger partial charge in [-0.3, -0.25) is 4.90 Å². The molecule has 3 rings (SSSR count). The monoisotopic (exact) mass is 292 g/mol. The molecule has 2 heterocycles. The summed E-state index contributed by atoms with van der Waals surface area (Å²) in [5.74, 6) is 1.88. The van der Waals surface area contributed by atoms with Gasteiger partial charge in [0.15, 0.2) is 0 Å². The van der Waals surface area contributed by atoms with Crippen molar-refractivity contribution in [3.63, 3.8) is 0 Å². The largest absolute Gasteiger partial charge is 0.316 e. The number of nitrogens with one attached hydrogen (secondary N) is 1. The Balaban J connectivity index is 1.55. The quantitative estimate of drug-likeness (QED) is 0.779. The molecule has 2 nitrogen and oxygen atoms in total. The molecule has 0 aromatic carbocycles. The maximum absolute atomic E-state index is 3.61. The summed E-state index contributed by atoms with van der Waals surface area (Å²) >= 11 is 0. The molecule has 2 saturated heterocycles. The number of nitrogens with zero attached hydrogens (tertiary/aromatic N) is 1. The minimum absolute atomic E-state index is 0.822. The summed E-state index contributed by atoms with van der Waals surface area (Å²) in [5, 5.41) is 3.61. The third kappa shape index (κ3) is 4.01. The molecule has 2 aliphatic heterocycles. The predicted octanol–water partition coefficient (Wildman–Crippen LogP) is 4.20. The third-order valence-electron chi connectivity index (χ3n) is 6.52. The molecule has 1 aliphatic carbocycles. The van der Waals surface area contributed by atoms with E-state index in [1.165, 1.54) is 90.3 Å². The van der Waals surface area contributed by atoms with Gasteiger partial charge in [0.25, 0.3) is 0 Å². The molecule has 3 atom stereocenters. The van der Waals surface area contributed by atoms with Crippen LogP contribution in [0, 0.1) is 11.8 Å². The topological polar surface area (TPSA) is 15.3 Å². The highest BCUT2D eigenvalue weighted by Crippen LogP contribution is 2.36. The molecule has 0 spiro atoms. The zero-order valence-corrected chi connectivity index (χ0v) is 14.2. The molecule has 3 aliphatic rings. The Morgan fingerprint density at radius 1 is 0.762 bits per heavy atom. The van der Waals surface area contributed by atoms with Gasteiger partial charge in [-0.15, -0.1) is 0 Å². The van der Waals surface area contributed by atoms with Crippen molar-refractivity contribution >= 4 is 0 Å². The van der Waals surface area contributed by atoms with E-state index in [4.69, 9.17) is 0 Å². The summed E-state index contributed by atoms with van der Waals surface area (Å²) in [5.41, 5.74) is 0. The van der Waals surface area contributed by atoms with Crippen molar-refractivity contribution in [2.45, 2.75) is 89.6 Å². The van der Waals surface area contributed by atoms with Gasteiger partial charge >= 0.3 is 0 Å². The fraction of sp³-hybridized carbons (Fsp3) is 1.00. The fourth-order valence-electron chi connectivity index (χ4n) is 5.16. The van der Waals surface area contributed by atoms with Crippen LogP contribution in [0.1, 0.15) is 77.6 Å². The molecule has 0 aromatic rings. The minimum Gasteiger partial charge on any atom is -0.316 e. The van der Waals surface area contributed by atoms with Crippen molar-refractivity contribution in [1.29, 1.82) is 0 Å². The summed E-state index contributed by atoms with van der Waals surface area (Å²) in [6, 6.07) is 1.72. The molecule has 1 saturated carbocycles. The minimum atomic E-state index is 0.822. The SMILES string of the molecule is CC1C2CNCC2CN1C1CCCCCCCCCCC1. The molecule has 0 amide bonds. The Labute approximate surface area is 132 Å². The highest BCUT2D eigenvalue weighted by Gasteiger charge is 2.43. The smallest absolute Gasteiger partial charge is 0.0114 e. The molecule has 3 fully saturated rings. The third-order valence-corrected chi connectivity index (χ3v) is 6.52. The van der Waals surface area contributed by atoms with E-state index in [9.17, 15) is 0 Å². The van der Waals surface area contributed by atoms with Gasteiger partial charge in [0.1, 0.15) is 0 Å². The van der Waals surface area contributed by atoms with E-state index in [0.717, 1.165) is 23.9 Å². The van der Waals surface area contributed by atoms with E-state index in [1.807, 2.05) is 0 Å². The number of hydrogen-bond acceptors (Lipinski definition) is 2. The van der Waals surface area contributed by atoms with Crippen LogP contribution >= 0.6 is 0 Å². The van der Waals surface area contributed by atoms with Gasteiger partial charge in [-0.25, -0.2) is 0 Å². The second-order valence-corrected chi connectivity index (χ2v) is 7.93. The van der Waals surface area contributed by atoms with Crippen LogP contribution in [-0.2, 0) is 0 Å². The van der Waals surface area contributed by atoms with E-state index >= 15 is 0 Å². The van der Waals surface area contributed by atoms with Gasteiger partial charge < -0.3 is 5.32 Å². The Hall–Kier alpha value is -0.0800. The zero-order chi connectivity index (χ0) is 14.5. The summed E-state index contributed by atoms with van der Waals surface area (Å²) in [7, 11) is 0. The lowest BCUT2D eigenvalue weighted by atomic mass is 9.94. The predicted molar refractivity (Wildman–Crippen MR) is 90.6 cm³/mol. The fourth-order valence-corrected chi connectivity index (χ4v) is 5.16. The highest BCUT2D eigenvalue weighted by atomic mass is 15.2. The van der Waals surface area contributed by atoms with Crippen LogP contribution in [-0.4, -0.2) is 36.6 Å². The summed E-state index contributed by atoms with van der Waals surface area (Å²) in [6.45, 7) is 6.44. The van der Waals surface area contributed by atoms with E-state index in [-0.39, 0.29) is 0 Å². The van der Waals surface area contributed by atoms with E-state index in [0.29, 0.717) is 0 Å². The highest BCUT2D eigenvalue weighted by molar-refractivity contribution is 4.98. The number of likely N-dealkylation sites (tertiary alicyclic amines) is 1. The van der Waals surface area contributed by atoms with Crippen LogP contribution < -0.4 is 5.32 Å². The van der Waals surface area contributed by atoms with Gasteiger partial charge in [-0.2, -0.15) is 0 Å². The Kier molecular flexibility index (Phi) is 5.99. The lowest BCUT2D eigenvalue weighted by Crippen LogP contribution is -2.41. The van der Waals surface area contributed by atoms with Crippen molar-refractivity contribution in [2.75, 3.05) is 19.6 Å². The Morgan fingerprint density at radius 3 is 1.90 bits per heavy atom. The summed E-state index contributed by atoms with van der Waals surface area (Å²) in [4.78, 5) is 2.92. The molecule has 1 N–H and O–H groups in total. The van der Waals surface area contributed by atoms with E-state index in [2.05, 4.69) is 17.1 Å². The number of fused-ring (bicyclic) bond motifs is 1. The zero-order valence-electron chi connectivity index (χ0n) is 14.2. The van der Waals surface area contributed by atoms with Crippen LogP contribution in [0.25, 0.3) is 0 Å². The van der Waals surface area contributed by atoms with Crippen molar-refractivity contribution in [3.8, 4) is 0 Å². The van der Waals surface area contributed by atoms with Crippen molar-refractivity contribution in [1.82, 2.24) is 10.2 Å². The average Bonchev–Trinajstić information content (AvgIpc) is 3.03. The lowest BCUT2D eigenvalue weighted by Gasteiger charge is -2.33. The molecule has 0 aromatic heterocycles. The first-order valence-electron chi connectivity index (χ1n) is 9.82. The average molecular weight is 293 g/mol. The lowest BCUT2D eigenvalue weighted by molar-refractivity contribution is 0.147. The summed E-state index contributed by atoms with van der Waals surface area (Å²) in [6.07, 6.45) is 16.3. The van der Waals surface area contributed by atoms with Gasteiger partial charge in [0.2, 0.25) is 0 Å². The van der Waals surface area contributed by atoms with Crippen LogP contribution in [0.2, 0.25) is 0 Å². The summed E-state index contributed by atoms with van der Waals surface area (Å²) < 4.78 is 0. The molecule has 21 heavy (non-hydrogen) atoms. The van der Waals surface area contributed by atoms with Gasteiger partial charge in [-0.05, 0) is 44.7 Å². The Bertz CT molecular complexity index is 292. The standard InChI is InChI=1S/C19H36N2/c1-16-19-14-20-13-17(19)15-21(16)18-11-9-7-5-3-2-4-6-8-10-12-18/h16-20H,2-15H2,1H3. The van der Waals surface area contributed by atoms with Gasteiger partial charge in [-0.1, -0.05) is 57.8 Å². The van der Waals surface area contributed by atoms with E-state index < -0.39 is 0 Å². The van der Waals surface area contributed by atoms with E-state index in [1.54, 1.807) is 0 Å². The first kappa shape index (κ1) is 15.8. The van der Waals surface area contributed by atoms with Crippen LogP contribution in [0.5, 0.6) is 0 Å². The number of hydrogen-bond donors (Lipinski definition) is 1. The maximum atomic E-state index is 3.61. The molecular formula is C19H36N2. The molecule has 3 unspecified atom stereocenters. The first-order valence-corrected chi connectivity index (χ1v) is 9.82. The van der Waals surface area contributed by atoms with Crippen molar-refractivity contribution < 1.29 is 0 Å². The van der Waals surface area contributed by atoms with Gasteiger partial charge in [0, 0.05) is 18.6 Å². The molecule has 122 valence electrons. The van der Waals surface area contributed by atoms with Crippen molar-refractivity contribution in [3.05, 3.63) is 0 Å². The Morgan fingerprint density at radius 2 is 1.33 bits per heavy atom. The van der Waals surface area contributed by atoms with Gasteiger partial charge in [0.05, 0.1) is 0 Å². The van der Waals surface area contributed by atoms with Crippen LogP contribution in [0.3, 0.4) is 0 Å². The molecule has 0 radical (unpaired) electrons. The second kappa shape index (κ2) is 7.97. The molecular weight excluding hydrogens is 256 g/mol. The van der Waals surface area contributed by atoms with Crippen molar-refractivity contribution in [2.24, 2.45) is 11.8 Å². The van der Waals surface area contributed by atoms with Crippen LogP contribution in [0.4, 0.5) is 0 Å². The number of rotatable bonds is 1. The normalized spacial score (nSPS) is 37.9. The molecule has 0 bridgehead atoms. The van der Waals surface area contributed by atoms with Crippen LogP contribution in [0.15, 0.2) is 0 Å². The second-order valence-electron chi connectivity index (χ2n) is 7.93. The maximum Gasteiger partial charge on any atom is 0.0114 e.